The molecule has 12 heavy (non-hydrogen) atoms. The first-order valence-corrected chi connectivity index (χ1v) is 3.48. The first kappa shape index (κ1) is 8.80. The molecule has 1 rings (SSSR count). The third-order valence-corrected chi connectivity index (χ3v) is 1.58. The summed E-state index contributed by atoms with van der Waals surface area (Å²) in [4.78, 5) is 0. The van der Waals surface area contributed by atoms with Crippen LogP contribution in [0.15, 0.2) is 18.2 Å². The van der Waals surface area contributed by atoms with Crippen LogP contribution in [0.2, 0.25) is 0 Å². The molecule has 0 fully saturated rings. The van der Waals surface area contributed by atoms with Crippen molar-refractivity contribution in [3.63, 3.8) is 0 Å². The lowest BCUT2D eigenvalue weighted by molar-refractivity contribution is 0.410. The minimum atomic E-state index is -0.878. The van der Waals surface area contributed by atoms with E-state index in [1.165, 1.54) is 18.2 Å². The average Bonchev–Trinajstić information content (AvgIpc) is 2.08. The van der Waals surface area contributed by atoms with Crippen molar-refractivity contribution in [2.24, 2.45) is 5.73 Å². The van der Waals surface area contributed by atoms with Crippen molar-refractivity contribution in [2.45, 2.75) is 6.04 Å². The molecule has 0 unspecified atom stereocenters. The number of hydrogen-bond donors (Lipinski definition) is 3. The van der Waals surface area contributed by atoms with Crippen LogP contribution < -0.4 is 5.73 Å². The van der Waals surface area contributed by atoms with Gasteiger partial charge in [0.05, 0.1) is 6.04 Å². The zero-order valence-electron chi connectivity index (χ0n) is 6.37. The maximum atomic E-state index is 12.1. The molecule has 1 aromatic carbocycles. The molecule has 0 saturated heterocycles. The molecule has 0 aliphatic heterocycles. The maximum absolute atomic E-state index is 12.1. The third-order valence-electron chi connectivity index (χ3n) is 1.58. The highest BCUT2D eigenvalue weighted by Gasteiger charge is 2.10. The van der Waals surface area contributed by atoms with Crippen molar-refractivity contribution in [2.75, 3.05) is 6.67 Å². The fourth-order valence-electron chi connectivity index (χ4n) is 0.922. The quantitative estimate of drug-likeness (QED) is 0.583. The largest absolute Gasteiger partial charge is 0.508 e. The highest BCUT2D eigenvalue weighted by Crippen LogP contribution is 2.26. The summed E-state index contributed by atoms with van der Waals surface area (Å²) < 4.78 is 12.1. The smallest absolute Gasteiger partial charge is 0.120 e. The number of benzene rings is 1. The van der Waals surface area contributed by atoms with Gasteiger partial charge in [-0.1, -0.05) is 0 Å². The monoisotopic (exact) mass is 171 g/mol. The molecule has 0 aromatic heterocycles. The van der Waals surface area contributed by atoms with Crippen molar-refractivity contribution >= 4 is 0 Å². The van der Waals surface area contributed by atoms with Gasteiger partial charge in [-0.2, -0.15) is 0 Å². The zero-order chi connectivity index (χ0) is 9.14. The molecule has 0 saturated carbocycles. The second kappa shape index (κ2) is 3.40. The van der Waals surface area contributed by atoms with E-state index in [1.54, 1.807) is 0 Å². The van der Waals surface area contributed by atoms with Crippen LogP contribution in [-0.4, -0.2) is 16.9 Å². The molecule has 0 amide bonds. The Morgan fingerprint density at radius 3 is 2.67 bits per heavy atom. The van der Waals surface area contributed by atoms with Gasteiger partial charge in [0, 0.05) is 5.56 Å². The van der Waals surface area contributed by atoms with Crippen molar-refractivity contribution in [1.82, 2.24) is 0 Å². The number of phenols is 2. The van der Waals surface area contributed by atoms with Crippen LogP contribution in [0.5, 0.6) is 11.5 Å². The predicted molar refractivity (Wildman–Crippen MR) is 42.7 cm³/mol. The Bertz CT molecular complexity index is 278. The minimum absolute atomic E-state index is 0.0355. The molecule has 0 radical (unpaired) electrons. The lowest BCUT2D eigenvalue weighted by atomic mass is 10.1. The summed E-state index contributed by atoms with van der Waals surface area (Å²) in [5.41, 5.74) is 5.54. The summed E-state index contributed by atoms with van der Waals surface area (Å²) in [6.07, 6.45) is 0. The summed E-state index contributed by atoms with van der Waals surface area (Å²) >= 11 is 0. The predicted octanol–water partition coefficient (Wildman–Crippen LogP) is 1.07. The zero-order valence-corrected chi connectivity index (χ0v) is 6.37. The highest BCUT2D eigenvalue weighted by molar-refractivity contribution is 5.40. The van der Waals surface area contributed by atoms with E-state index in [4.69, 9.17) is 10.8 Å². The number of nitrogens with two attached hydrogens (primary N) is 1. The second-order valence-corrected chi connectivity index (χ2v) is 2.50. The Morgan fingerprint density at radius 2 is 2.08 bits per heavy atom. The van der Waals surface area contributed by atoms with Gasteiger partial charge in [0.1, 0.15) is 18.2 Å². The third kappa shape index (κ3) is 1.65. The van der Waals surface area contributed by atoms with Gasteiger partial charge < -0.3 is 15.9 Å². The van der Waals surface area contributed by atoms with Crippen LogP contribution in [0.4, 0.5) is 4.39 Å². The van der Waals surface area contributed by atoms with Gasteiger partial charge in [0.2, 0.25) is 0 Å². The van der Waals surface area contributed by atoms with Crippen LogP contribution in [0.25, 0.3) is 0 Å². The van der Waals surface area contributed by atoms with E-state index < -0.39 is 12.7 Å². The summed E-state index contributed by atoms with van der Waals surface area (Å²) in [5, 5.41) is 18.2. The van der Waals surface area contributed by atoms with Crippen molar-refractivity contribution in [1.29, 1.82) is 0 Å². The Labute approximate surface area is 69.3 Å². The molecule has 3 nitrogen and oxygen atoms in total. The Hall–Kier alpha value is -1.29. The molecule has 1 aromatic rings. The van der Waals surface area contributed by atoms with Crippen molar-refractivity contribution in [3.8, 4) is 11.5 Å². The van der Waals surface area contributed by atoms with Crippen LogP contribution in [0, 0.1) is 0 Å². The van der Waals surface area contributed by atoms with E-state index in [0.29, 0.717) is 0 Å². The van der Waals surface area contributed by atoms with Gasteiger partial charge in [0.25, 0.3) is 0 Å². The van der Waals surface area contributed by atoms with Gasteiger partial charge in [-0.15, -0.1) is 0 Å². The average molecular weight is 171 g/mol. The molecule has 0 aliphatic rings. The van der Waals surface area contributed by atoms with E-state index >= 15 is 0 Å². The number of alkyl halides is 1. The number of rotatable bonds is 2. The van der Waals surface area contributed by atoms with E-state index in [9.17, 15) is 9.50 Å². The van der Waals surface area contributed by atoms with Crippen LogP contribution in [-0.2, 0) is 0 Å². The van der Waals surface area contributed by atoms with Gasteiger partial charge in [-0.3, -0.25) is 0 Å². The van der Waals surface area contributed by atoms with Crippen molar-refractivity contribution < 1.29 is 14.6 Å². The Morgan fingerprint density at radius 1 is 1.42 bits per heavy atom. The number of phenolic OH excluding ortho intramolecular Hbond substituents is 2. The molecule has 4 heteroatoms. The molecule has 0 spiro atoms. The Kier molecular flexibility index (Phi) is 2.50. The van der Waals surface area contributed by atoms with E-state index in [-0.39, 0.29) is 17.1 Å². The number of aromatic hydroxyl groups is 2. The summed E-state index contributed by atoms with van der Waals surface area (Å²) in [7, 11) is 0. The minimum Gasteiger partial charge on any atom is -0.508 e. The summed E-state index contributed by atoms with van der Waals surface area (Å²) in [5.74, 6) is -0.135. The molecule has 4 N–H and O–H groups in total. The molecule has 1 atom stereocenters. The molecule has 0 bridgehead atoms. The highest BCUT2D eigenvalue weighted by atomic mass is 19.1. The molecular formula is C8H10FNO2. The lowest BCUT2D eigenvalue weighted by Gasteiger charge is -2.09. The standard InChI is InChI=1S/C8H10FNO2/c9-4-7(10)6-3-5(11)1-2-8(6)12/h1-3,7,11-12H,4,10H2/t7-/m1/s1. The maximum Gasteiger partial charge on any atom is 0.120 e. The normalized spacial score (nSPS) is 12.8. The van der Waals surface area contributed by atoms with Gasteiger partial charge >= 0.3 is 0 Å². The van der Waals surface area contributed by atoms with E-state index in [0.717, 1.165) is 0 Å². The molecule has 66 valence electrons. The number of hydrogen-bond acceptors (Lipinski definition) is 3. The van der Waals surface area contributed by atoms with E-state index in [1.807, 2.05) is 0 Å². The fourth-order valence-corrected chi connectivity index (χ4v) is 0.922. The topological polar surface area (TPSA) is 66.5 Å². The van der Waals surface area contributed by atoms with Gasteiger partial charge in [0.15, 0.2) is 0 Å². The molecule has 0 heterocycles. The fraction of sp³-hybridized carbons (Fsp3) is 0.250. The summed E-state index contributed by atoms with van der Waals surface area (Å²) in [6, 6.07) is 2.96. The molecule has 0 aliphatic carbocycles. The number of halogens is 1. The molecular weight excluding hydrogens is 161 g/mol. The van der Waals surface area contributed by atoms with Crippen LogP contribution >= 0.6 is 0 Å². The Balaban J connectivity index is 3.04. The second-order valence-electron chi connectivity index (χ2n) is 2.50. The lowest BCUT2D eigenvalue weighted by Crippen LogP contribution is -2.12. The van der Waals surface area contributed by atoms with Crippen molar-refractivity contribution in [3.05, 3.63) is 23.8 Å². The van der Waals surface area contributed by atoms with Gasteiger partial charge in [-0.25, -0.2) is 4.39 Å². The SMILES string of the molecule is N[C@H](CF)c1cc(O)ccc1O. The van der Waals surface area contributed by atoms with E-state index in [2.05, 4.69) is 0 Å². The first-order valence-electron chi connectivity index (χ1n) is 3.48. The van der Waals surface area contributed by atoms with Gasteiger partial charge in [-0.05, 0) is 18.2 Å². The summed E-state index contributed by atoms with van der Waals surface area (Å²) in [6.45, 7) is -0.767. The first-order chi connectivity index (χ1) is 5.65. The van der Waals surface area contributed by atoms with Crippen LogP contribution in [0.1, 0.15) is 11.6 Å². The van der Waals surface area contributed by atoms with Crippen LogP contribution in [0.3, 0.4) is 0 Å².